The molecule has 0 radical (unpaired) electrons. The zero-order valence-corrected chi connectivity index (χ0v) is 6.40. The van der Waals surface area contributed by atoms with Crippen LogP contribution < -0.4 is 5.32 Å². The maximum Gasteiger partial charge on any atom is 0.119 e. The summed E-state index contributed by atoms with van der Waals surface area (Å²) in [6.07, 6.45) is 5.99. The van der Waals surface area contributed by atoms with Crippen LogP contribution in [0.3, 0.4) is 0 Å². The molecule has 2 rings (SSSR count). The van der Waals surface area contributed by atoms with E-state index < -0.39 is 0 Å². The minimum absolute atomic E-state index is 0.617. The van der Waals surface area contributed by atoms with Gasteiger partial charge in [-0.3, -0.25) is 0 Å². The summed E-state index contributed by atoms with van der Waals surface area (Å²) >= 11 is 0. The third-order valence-electron chi connectivity index (χ3n) is 2.17. The molecule has 11 heavy (non-hydrogen) atoms. The molecule has 60 valence electrons. The molecule has 1 aliphatic rings. The number of piperidine rings is 1. The summed E-state index contributed by atoms with van der Waals surface area (Å²) in [5.74, 6) is 0. The lowest BCUT2D eigenvalue weighted by molar-refractivity contribution is 0.367. The van der Waals surface area contributed by atoms with Crippen molar-refractivity contribution < 1.29 is 0 Å². The van der Waals surface area contributed by atoms with E-state index in [0.29, 0.717) is 6.04 Å². The molecule has 1 aromatic heterocycles. The van der Waals surface area contributed by atoms with Gasteiger partial charge >= 0.3 is 0 Å². The van der Waals surface area contributed by atoms with Gasteiger partial charge in [-0.25, -0.2) is 0 Å². The Hall–Kier alpha value is -0.900. The van der Waals surface area contributed by atoms with E-state index in [-0.39, 0.29) is 0 Å². The second-order valence-corrected chi connectivity index (χ2v) is 2.89. The molecule has 4 heteroatoms. The van der Waals surface area contributed by atoms with Gasteiger partial charge in [-0.05, 0) is 25.9 Å². The molecule has 1 N–H and O–H groups in total. The maximum atomic E-state index is 3.79. The van der Waals surface area contributed by atoms with Crippen molar-refractivity contribution in [2.24, 2.45) is 0 Å². The molecule has 4 nitrogen and oxygen atoms in total. The molecule has 2 heterocycles. The van der Waals surface area contributed by atoms with Gasteiger partial charge in [0.15, 0.2) is 0 Å². The molecule has 0 bridgehead atoms. The SMILES string of the molecule is c1nncn1C1CCNCC1. The number of hydrogen-bond acceptors (Lipinski definition) is 3. The molecule has 1 aliphatic heterocycles. The first kappa shape index (κ1) is 6.79. The van der Waals surface area contributed by atoms with Crippen molar-refractivity contribution in [2.75, 3.05) is 13.1 Å². The Morgan fingerprint density at radius 2 is 1.82 bits per heavy atom. The zero-order chi connectivity index (χ0) is 7.52. The fraction of sp³-hybridized carbons (Fsp3) is 0.714. The Morgan fingerprint density at radius 3 is 2.45 bits per heavy atom. The van der Waals surface area contributed by atoms with Gasteiger partial charge in [0, 0.05) is 6.04 Å². The lowest BCUT2D eigenvalue weighted by atomic mass is 10.1. The van der Waals surface area contributed by atoms with Crippen LogP contribution >= 0.6 is 0 Å². The molecule has 0 amide bonds. The fourth-order valence-corrected chi connectivity index (χ4v) is 1.50. The monoisotopic (exact) mass is 152 g/mol. The molecule has 0 spiro atoms. The number of rotatable bonds is 1. The smallest absolute Gasteiger partial charge is 0.119 e. The predicted molar refractivity (Wildman–Crippen MR) is 41.2 cm³/mol. The van der Waals surface area contributed by atoms with Crippen molar-refractivity contribution in [1.29, 1.82) is 0 Å². The summed E-state index contributed by atoms with van der Waals surface area (Å²) in [7, 11) is 0. The highest BCUT2D eigenvalue weighted by molar-refractivity contribution is 4.77. The van der Waals surface area contributed by atoms with E-state index in [1.807, 2.05) is 0 Å². The number of hydrogen-bond donors (Lipinski definition) is 1. The molecule has 0 aliphatic carbocycles. The number of nitrogens with zero attached hydrogens (tertiary/aromatic N) is 3. The van der Waals surface area contributed by atoms with Crippen LogP contribution in [0.5, 0.6) is 0 Å². The van der Waals surface area contributed by atoms with Crippen molar-refractivity contribution in [3.8, 4) is 0 Å². The normalized spacial score (nSPS) is 20.4. The first-order chi connectivity index (χ1) is 5.47. The van der Waals surface area contributed by atoms with Crippen LogP contribution in [0.15, 0.2) is 12.7 Å². The average Bonchev–Trinajstić information content (AvgIpc) is 2.58. The molecule has 1 fully saturated rings. The Kier molecular flexibility index (Phi) is 1.85. The molecular weight excluding hydrogens is 140 g/mol. The third kappa shape index (κ3) is 1.40. The van der Waals surface area contributed by atoms with Crippen LogP contribution in [-0.2, 0) is 0 Å². The van der Waals surface area contributed by atoms with E-state index >= 15 is 0 Å². The minimum atomic E-state index is 0.617. The molecular formula is C7H12N4. The van der Waals surface area contributed by atoms with Gasteiger partial charge in [0.25, 0.3) is 0 Å². The lowest BCUT2D eigenvalue weighted by Crippen LogP contribution is -2.28. The summed E-state index contributed by atoms with van der Waals surface area (Å²) < 4.78 is 2.10. The summed E-state index contributed by atoms with van der Waals surface area (Å²) in [5, 5.41) is 10.9. The van der Waals surface area contributed by atoms with Crippen molar-refractivity contribution in [2.45, 2.75) is 18.9 Å². The Labute approximate surface area is 65.6 Å². The van der Waals surface area contributed by atoms with Crippen molar-refractivity contribution in [3.63, 3.8) is 0 Å². The quantitative estimate of drug-likeness (QED) is 0.625. The first-order valence-electron chi connectivity index (χ1n) is 4.01. The van der Waals surface area contributed by atoms with Gasteiger partial charge < -0.3 is 9.88 Å². The fourth-order valence-electron chi connectivity index (χ4n) is 1.50. The third-order valence-corrected chi connectivity index (χ3v) is 2.17. The minimum Gasteiger partial charge on any atom is -0.317 e. The van der Waals surface area contributed by atoms with E-state index in [4.69, 9.17) is 0 Å². The predicted octanol–water partition coefficient (Wildman–Crippen LogP) is 0.203. The number of nitrogens with one attached hydrogen (secondary N) is 1. The molecule has 0 atom stereocenters. The second kappa shape index (κ2) is 3.00. The van der Waals surface area contributed by atoms with Crippen LogP contribution in [0.4, 0.5) is 0 Å². The highest BCUT2D eigenvalue weighted by Crippen LogP contribution is 2.16. The molecule has 0 saturated carbocycles. The molecule has 0 unspecified atom stereocenters. The maximum absolute atomic E-state index is 3.79. The largest absolute Gasteiger partial charge is 0.317 e. The summed E-state index contributed by atoms with van der Waals surface area (Å²) in [4.78, 5) is 0. The van der Waals surface area contributed by atoms with E-state index in [2.05, 4.69) is 20.1 Å². The van der Waals surface area contributed by atoms with E-state index in [0.717, 1.165) is 13.1 Å². The Balaban J connectivity index is 2.04. The van der Waals surface area contributed by atoms with Crippen LogP contribution in [0.25, 0.3) is 0 Å². The molecule has 1 saturated heterocycles. The van der Waals surface area contributed by atoms with Gasteiger partial charge in [0.2, 0.25) is 0 Å². The highest BCUT2D eigenvalue weighted by atomic mass is 15.2. The van der Waals surface area contributed by atoms with Crippen molar-refractivity contribution >= 4 is 0 Å². The topological polar surface area (TPSA) is 42.7 Å². The van der Waals surface area contributed by atoms with Gasteiger partial charge in [-0.2, -0.15) is 0 Å². The second-order valence-electron chi connectivity index (χ2n) is 2.89. The molecule has 1 aromatic rings. The van der Waals surface area contributed by atoms with Gasteiger partial charge in [-0.1, -0.05) is 0 Å². The average molecular weight is 152 g/mol. The van der Waals surface area contributed by atoms with Crippen LogP contribution in [0.2, 0.25) is 0 Å². The summed E-state index contributed by atoms with van der Waals surface area (Å²) in [6.45, 7) is 2.23. The van der Waals surface area contributed by atoms with Gasteiger partial charge in [0.1, 0.15) is 12.7 Å². The van der Waals surface area contributed by atoms with Crippen LogP contribution in [0, 0.1) is 0 Å². The first-order valence-corrected chi connectivity index (χ1v) is 4.01. The Morgan fingerprint density at radius 1 is 1.18 bits per heavy atom. The number of aromatic nitrogens is 3. The summed E-state index contributed by atoms with van der Waals surface area (Å²) in [5.41, 5.74) is 0. The van der Waals surface area contributed by atoms with Crippen LogP contribution in [-0.4, -0.2) is 27.9 Å². The van der Waals surface area contributed by atoms with Crippen molar-refractivity contribution in [3.05, 3.63) is 12.7 Å². The van der Waals surface area contributed by atoms with E-state index in [1.54, 1.807) is 12.7 Å². The van der Waals surface area contributed by atoms with E-state index in [1.165, 1.54) is 12.8 Å². The van der Waals surface area contributed by atoms with E-state index in [9.17, 15) is 0 Å². The lowest BCUT2D eigenvalue weighted by Gasteiger charge is -2.22. The van der Waals surface area contributed by atoms with Gasteiger partial charge in [0.05, 0.1) is 0 Å². The highest BCUT2D eigenvalue weighted by Gasteiger charge is 2.13. The zero-order valence-electron chi connectivity index (χ0n) is 6.40. The van der Waals surface area contributed by atoms with Crippen LogP contribution in [0.1, 0.15) is 18.9 Å². The molecule has 0 aromatic carbocycles. The summed E-state index contributed by atoms with van der Waals surface area (Å²) in [6, 6.07) is 0.617. The Bertz CT molecular complexity index is 200. The van der Waals surface area contributed by atoms with Crippen molar-refractivity contribution in [1.82, 2.24) is 20.1 Å². The van der Waals surface area contributed by atoms with Gasteiger partial charge in [-0.15, -0.1) is 10.2 Å². The standard InChI is InChI=1S/C7H12N4/c1-3-8-4-2-7(1)11-5-9-10-6-11/h5-8H,1-4H2.